The number of nitrogens with one attached hydrogen (secondary N) is 2. The van der Waals surface area contributed by atoms with Crippen LogP contribution in [0.25, 0.3) is 0 Å². The third-order valence-electron chi connectivity index (χ3n) is 3.46. The molecule has 1 rings (SSSR count). The molecule has 0 saturated carbocycles. The fourth-order valence-electron chi connectivity index (χ4n) is 1.89. The van der Waals surface area contributed by atoms with Crippen molar-refractivity contribution in [1.29, 1.82) is 0 Å². The Morgan fingerprint density at radius 3 is 2.45 bits per heavy atom. The molecular formula is C14H20ClN3OS. The number of anilines is 1. The minimum Gasteiger partial charge on any atom is -0.391 e. The Hall–Kier alpha value is -1.33. The molecule has 0 unspecified atom stereocenters. The lowest BCUT2D eigenvalue weighted by Crippen LogP contribution is -2.57. The summed E-state index contributed by atoms with van der Waals surface area (Å²) in [6.45, 7) is 5.77. The molecule has 4 N–H and O–H groups in total. The van der Waals surface area contributed by atoms with Gasteiger partial charge in [-0.3, -0.25) is 0 Å². The number of hydrogen-bond acceptors (Lipinski definition) is 2. The van der Waals surface area contributed by atoms with Crippen LogP contribution in [0, 0.1) is 6.92 Å². The standard InChI is InChI=1S/C14H20ClN3OS/c1-4-14(5-2,12(16)20)18-13(19)17-10-7-6-9(3)11(15)8-10/h6-8H,4-5H2,1-3H3,(H2,16,20)(H2,17,18,19). The molecule has 1 aromatic carbocycles. The van der Waals surface area contributed by atoms with Crippen LogP contribution < -0.4 is 16.4 Å². The van der Waals surface area contributed by atoms with Gasteiger partial charge in [0, 0.05) is 10.7 Å². The molecule has 0 aliphatic rings. The summed E-state index contributed by atoms with van der Waals surface area (Å²) in [7, 11) is 0. The third-order valence-corrected chi connectivity index (χ3v) is 4.26. The van der Waals surface area contributed by atoms with Crippen LogP contribution in [0.5, 0.6) is 0 Å². The van der Waals surface area contributed by atoms with E-state index in [1.54, 1.807) is 12.1 Å². The highest BCUT2D eigenvalue weighted by atomic mass is 35.5. The van der Waals surface area contributed by atoms with Gasteiger partial charge in [-0.15, -0.1) is 0 Å². The topological polar surface area (TPSA) is 67.2 Å². The number of amides is 2. The van der Waals surface area contributed by atoms with Gasteiger partial charge in [-0.1, -0.05) is 43.7 Å². The molecule has 0 atom stereocenters. The van der Waals surface area contributed by atoms with E-state index in [4.69, 9.17) is 29.6 Å². The Morgan fingerprint density at radius 1 is 1.40 bits per heavy atom. The van der Waals surface area contributed by atoms with E-state index in [1.165, 1.54) is 0 Å². The molecule has 2 amide bonds. The van der Waals surface area contributed by atoms with E-state index in [-0.39, 0.29) is 6.03 Å². The van der Waals surface area contributed by atoms with E-state index in [0.29, 0.717) is 28.5 Å². The number of halogens is 1. The van der Waals surface area contributed by atoms with Crippen molar-refractivity contribution in [2.24, 2.45) is 5.73 Å². The van der Waals surface area contributed by atoms with E-state index in [0.717, 1.165) is 5.56 Å². The van der Waals surface area contributed by atoms with Gasteiger partial charge < -0.3 is 16.4 Å². The van der Waals surface area contributed by atoms with E-state index in [1.807, 2.05) is 26.8 Å². The number of hydrogen-bond donors (Lipinski definition) is 3. The smallest absolute Gasteiger partial charge is 0.320 e. The first-order chi connectivity index (χ1) is 9.34. The molecule has 0 aliphatic heterocycles. The van der Waals surface area contributed by atoms with E-state index < -0.39 is 5.54 Å². The number of nitrogens with two attached hydrogens (primary N) is 1. The molecule has 0 aliphatic carbocycles. The molecule has 4 nitrogen and oxygen atoms in total. The van der Waals surface area contributed by atoms with Crippen molar-refractivity contribution in [3.05, 3.63) is 28.8 Å². The Morgan fingerprint density at radius 2 is 2.00 bits per heavy atom. The zero-order valence-electron chi connectivity index (χ0n) is 11.9. The molecule has 0 heterocycles. The van der Waals surface area contributed by atoms with Crippen LogP contribution in [0.15, 0.2) is 18.2 Å². The minimum atomic E-state index is -0.659. The maximum absolute atomic E-state index is 12.1. The molecule has 1 aromatic rings. The van der Waals surface area contributed by atoms with Crippen molar-refractivity contribution < 1.29 is 4.79 Å². The lowest BCUT2D eigenvalue weighted by Gasteiger charge is -2.31. The Balaban J connectivity index is 2.80. The summed E-state index contributed by atoms with van der Waals surface area (Å²) in [6, 6.07) is 5.00. The van der Waals surface area contributed by atoms with Crippen LogP contribution in [0.1, 0.15) is 32.3 Å². The van der Waals surface area contributed by atoms with Crippen LogP contribution in [0.4, 0.5) is 10.5 Å². The van der Waals surface area contributed by atoms with Crippen molar-refractivity contribution in [2.75, 3.05) is 5.32 Å². The first-order valence-corrected chi connectivity index (χ1v) is 7.28. The quantitative estimate of drug-likeness (QED) is 0.727. The van der Waals surface area contributed by atoms with Crippen molar-refractivity contribution in [1.82, 2.24) is 5.32 Å². The molecule has 20 heavy (non-hydrogen) atoms. The summed E-state index contributed by atoms with van der Waals surface area (Å²) in [5.41, 5.74) is 6.67. The summed E-state index contributed by atoms with van der Waals surface area (Å²) in [5.74, 6) is 0. The van der Waals surface area contributed by atoms with Crippen LogP contribution >= 0.6 is 23.8 Å². The number of urea groups is 1. The van der Waals surface area contributed by atoms with Crippen LogP contribution in [-0.4, -0.2) is 16.6 Å². The third kappa shape index (κ3) is 3.84. The fraction of sp³-hybridized carbons (Fsp3) is 0.429. The normalized spacial score (nSPS) is 11.0. The van der Waals surface area contributed by atoms with Crippen LogP contribution in [-0.2, 0) is 0 Å². The lowest BCUT2D eigenvalue weighted by atomic mass is 9.93. The Bertz CT molecular complexity index is 515. The second kappa shape index (κ2) is 6.90. The van der Waals surface area contributed by atoms with E-state index in [9.17, 15) is 4.79 Å². The van der Waals surface area contributed by atoms with Gasteiger partial charge in [-0.05, 0) is 37.5 Å². The molecule has 0 saturated heterocycles. The number of carbonyl (C=O) groups excluding carboxylic acids is 1. The summed E-state index contributed by atoms with van der Waals surface area (Å²) < 4.78 is 0. The minimum absolute atomic E-state index is 0.291. The second-order valence-corrected chi connectivity index (χ2v) is 5.54. The van der Waals surface area contributed by atoms with E-state index >= 15 is 0 Å². The highest BCUT2D eigenvalue weighted by molar-refractivity contribution is 7.80. The molecular weight excluding hydrogens is 294 g/mol. The summed E-state index contributed by atoms with van der Waals surface area (Å²) >= 11 is 11.1. The average molecular weight is 314 g/mol. The molecule has 0 spiro atoms. The molecule has 0 fully saturated rings. The SMILES string of the molecule is CCC(CC)(NC(=O)Nc1ccc(C)c(Cl)c1)C(N)=S. The molecule has 0 aromatic heterocycles. The highest BCUT2D eigenvalue weighted by Gasteiger charge is 2.31. The summed E-state index contributed by atoms with van der Waals surface area (Å²) in [5, 5.41) is 6.20. The first kappa shape index (κ1) is 16.7. The lowest BCUT2D eigenvalue weighted by molar-refractivity contribution is 0.243. The van der Waals surface area contributed by atoms with Crippen LogP contribution in [0.3, 0.4) is 0 Å². The average Bonchev–Trinajstić information content (AvgIpc) is 2.40. The fourth-order valence-corrected chi connectivity index (χ4v) is 2.41. The number of carbonyl (C=O) groups is 1. The van der Waals surface area contributed by atoms with Gasteiger partial charge in [-0.25, -0.2) is 4.79 Å². The van der Waals surface area contributed by atoms with Gasteiger partial charge in [0.25, 0.3) is 0 Å². The largest absolute Gasteiger partial charge is 0.391 e. The summed E-state index contributed by atoms with van der Waals surface area (Å²) in [4.78, 5) is 12.4. The second-order valence-electron chi connectivity index (χ2n) is 4.70. The summed E-state index contributed by atoms with van der Waals surface area (Å²) in [6.07, 6.45) is 1.28. The maximum Gasteiger partial charge on any atom is 0.320 e. The number of thiocarbonyl (C=S) groups is 1. The van der Waals surface area contributed by atoms with Crippen molar-refractivity contribution in [2.45, 2.75) is 39.2 Å². The molecule has 0 radical (unpaired) electrons. The number of benzene rings is 1. The molecule has 110 valence electrons. The predicted octanol–water partition coefficient (Wildman–Crippen LogP) is 3.61. The van der Waals surface area contributed by atoms with Gasteiger partial charge in [0.05, 0.1) is 10.5 Å². The van der Waals surface area contributed by atoms with Crippen molar-refractivity contribution >= 4 is 40.5 Å². The molecule has 6 heteroatoms. The van der Waals surface area contributed by atoms with E-state index in [2.05, 4.69) is 10.6 Å². The van der Waals surface area contributed by atoms with Gasteiger partial charge in [0.15, 0.2) is 0 Å². The van der Waals surface area contributed by atoms with Crippen LogP contribution in [0.2, 0.25) is 5.02 Å². The van der Waals surface area contributed by atoms with Gasteiger partial charge in [0.1, 0.15) is 0 Å². The zero-order chi connectivity index (χ0) is 15.3. The maximum atomic E-state index is 12.1. The molecule has 0 bridgehead atoms. The van der Waals surface area contributed by atoms with Gasteiger partial charge in [-0.2, -0.15) is 0 Å². The van der Waals surface area contributed by atoms with Crippen molar-refractivity contribution in [3.8, 4) is 0 Å². The number of rotatable bonds is 5. The monoisotopic (exact) mass is 313 g/mol. The Labute approximate surface area is 130 Å². The zero-order valence-corrected chi connectivity index (χ0v) is 13.5. The first-order valence-electron chi connectivity index (χ1n) is 6.50. The Kier molecular flexibility index (Phi) is 5.77. The predicted molar refractivity (Wildman–Crippen MR) is 88.4 cm³/mol. The number of aryl methyl sites for hydroxylation is 1. The van der Waals surface area contributed by atoms with Crippen molar-refractivity contribution in [3.63, 3.8) is 0 Å². The van der Waals surface area contributed by atoms with Gasteiger partial charge >= 0.3 is 6.03 Å². The highest BCUT2D eigenvalue weighted by Crippen LogP contribution is 2.20. The van der Waals surface area contributed by atoms with Gasteiger partial charge in [0.2, 0.25) is 0 Å².